The molecule has 6 heteroatoms. The summed E-state index contributed by atoms with van der Waals surface area (Å²) in [6, 6.07) is 22.6. The number of rotatable bonds is 10. The van der Waals surface area contributed by atoms with Crippen LogP contribution in [0.1, 0.15) is 12.5 Å². The van der Waals surface area contributed by atoms with Crippen LogP contribution in [0, 0.1) is 0 Å². The molecule has 0 spiro atoms. The van der Waals surface area contributed by atoms with Crippen molar-refractivity contribution in [2.75, 3.05) is 25.1 Å². The quantitative estimate of drug-likeness (QED) is 0.399. The highest BCUT2D eigenvalue weighted by atomic mass is 79.9. The Morgan fingerprint density at radius 3 is 2.17 bits per heavy atom. The molecule has 156 valence electrons. The average Bonchev–Trinajstić information content (AvgIpc) is 2.77. The van der Waals surface area contributed by atoms with Crippen LogP contribution in [0.15, 0.2) is 77.3 Å². The van der Waals surface area contributed by atoms with E-state index in [1.807, 2.05) is 48.5 Å². The van der Waals surface area contributed by atoms with Crippen molar-refractivity contribution >= 4 is 27.5 Å². The van der Waals surface area contributed by atoms with Crippen LogP contribution in [0.4, 0.5) is 5.69 Å². The van der Waals surface area contributed by atoms with Gasteiger partial charge in [-0.15, -0.1) is 0 Å². The molecule has 1 amide bonds. The van der Waals surface area contributed by atoms with Crippen molar-refractivity contribution < 1.29 is 19.0 Å². The highest BCUT2D eigenvalue weighted by Gasteiger charge is 2.07. The Bertz CT molecular complexity index is 945. The Morgan fingerprint density at radius 1 is 0.867 bits per heavy atom. The lowest BCUT2D eigenvalue weighted by Gasteiger charge is -2.11. The van der Waals surface area contributed by atoms with Gasteiger partial charge in [0, 0.05) is 5.69 Å². The third kappa shape index (κ3) is 6.81. The number of amides is 1. The van der Waals surface area contributed by atoms with Crippen LogP contribution in [0.5, 0.6) is 17.2 Å². The fourth-order valence-corrected chi connectivity index (χ4v) is 3.23. The number of anilines is 1. The Morgan fingerprint density at radius 2 is 1.53 bits per heavy atom. The van der Waals surface area contributed by atoms with Crippen molar-refractivity contribution in [2.45, 2.75) is 13.3 Å². The van der Waals surface area contributed by atoms with Crippen molar-refractivity contribution in [3.63, 3.8) is 0 Å². The standard InChI is InChI=1S/C24H24BrNO4/c1-2-18-8-13-23(22(25)16-18)30-17-24(27)26-19-9-11-21(12-10-19)29-15-14-28-20-6-4-3-5-7-20/h3-13,16H,2,14-15,17H2,1H3,(H,26,27). The fourth-order valence-electron chi connectivity index (χ4n) is 2.69. The molecule has 5 nitrogen and oxygen atoms in total. The monoisotopic (exact) mass is 469 g/mol. The highest BCUT2D eigenvalue weighted by Crippen LogP contribution is 2.26. The third-order valence-electron chi connectivity index (χ3n) is 4.27. The van der Waals surface area contributed by atoms with Gasteiger partial charge in [-0.3, -0.25) is 4.79 Å². The number of hydrogen-bond donors (Lipinski definition) is 1. The Balaban J connectivity index is 1.39. The second-order valence-corrected chi connectivity index (χ2v) is 7.34. The lowest BCUT2D eigenvalue weighted by molar-refractivity contribution is -0.118. The van der Waals surface area contributed by atoms with E-state index >= 15 is 0 Å². The number of ether oxygens (including phenoxy) is 3. The molecule has 0 atom stereocenters. The summed E-state index contributed by atoms with van der Waals surface area (Å²) in [6.07, 6.45) is 0.944. The molecule has 30 heavy (non-hydrogen) atoms. The van der Waals surface area contributed by atoms with Crippen LogP contribution in [-0.2, 0) is 11.2 Å². The molecule has 0 radical (unpaired) electrons. The first-order valence-electron chi connectivity index (χ1n) is 9.76. The van der Waals surface area contributed by atoms with E-state index in [1.54, 1.807) is 24.3 Å². The van der Waals surface area contributed by atoms with E-state index in [0.717, 1.165) is 16.6 Å². The molecule has 1 N–H and O–H groups in total. The van der Waals surface area contributed by atoms with Crippen LogP contribution in [-0.4, -0.2) is 25.7 Å². The summed E-state index contributed by atoms with van der Waals surface area (Å²) in [7, 11) is 0. The van der Waals surface area contributed by atoms with Crippen molar-refractivity contribution in [1.82, 2.24) is 0 Å². The molecular weight excluding hydrogens is 446 g/mol. The van der Waals surface area contributed by atoms with E-state index in [-0.39, 0.29) is 12.5 Å². The van der Waals surface area contributed by atoms with E-state index in [1.165, 1.54) is 5.56 Å². The van der Waals surface area contributed by atoms with Gasteiger partial charge in [0.15, 0.2) is 6.61 Å². The maximum absolute atomic E-state index is 12.2. The molecule has 0 aliphatic rings. The van der Waals surface area contributed by atoms with Crippen LogP contribution >= 0.6 is 15.9 Å². The molecule has 3 aromatic rings. The van der Waals surface area contributed by atoms with Crippen LogP contribution in [0.25, 0.3) is 0 Å². The molecule has 0 fully saturated rings. The normalized spacial score (nSPS) is 10.3. The molecule has 0 aliphatic heterocycles. The van der Waals surface area contributed by atoms with Crippen molar-refractivity contribution in [3.8, 4) is 17.2 Å². The molecule has 0 saturated carbocycles. The van der Waals surface area contributed by atoms with E-state index in [0.29, 0.717) is 30.4 Å². The summed E-state index contributed by atoms with van der Waals surface area (Å²) in [5, 5.41) is 2.81. The zero-order valence-corrected chi connectivity index (χ0v) is 18.4. The van der Waals surface area contributed by atoms with E-state index in [9.17, 15) is 4.79 Å². The van der Waals surface area contributed by atoms with Gasteiger partial charge in [-0.1, -0.05) is 31.2 Å². The van der Waals surface area contributed by atoms with Crippen molar-refractivity contribution in [2.24, 2.45) is 0 Å². The number of carbonyl (C=O) groups excluding carboxylic acids is 1. The largest absolute Gasteiger partial charge is 0.490 e. The second-order valence-electron chi connectivity index (χ2n) is 6.49. The van der Waals surface area contributed by atoms with Crippen LogP contribution in [0.3, 0.4) is 0 Å². The SMILES string of the molecule is CCc1ccc(OCC(=O)Nc2ccc(OCCOc3ccccc3)cc2)c(Br)c1. The Labute approximate surface area is 185 Å². The van der Waals surface area contributed by atoms with Gasteiger partial charge in [-0.2, -0.15) is 0 Å². The smallest absolute Gasteiger partial charge is 0.262 e. The molecule has 0 aromatic heterocycles. The number of nitrogens with one attached hydrogen (secondary N) is 1. The Hall–Kier alpha value is -2.99. The fraction of sp³-hybridized carbons (Fsp3) is 0.208. The van der Waals surface area contributed by atoms with Gasteiger partial charge < -0.3 is 19.5 Å². The number of para-hydroxylation sites is 1. The first kappa shape index (κ1) is 21.7. The first-order valence-corrected chi connectivity index (χ1v) is 10.5. The van der Waals surface area contributed by atoms with E-state index < -0.39 is 0 Å². The molecule has 3 rings (SSSR count). The van der Waals surface area contributed by atoms with Crippen LogP contribution in [0.2, 0.25) is 0 Å². The van der Waals surface area contributed by atoms with Gasteiger partial charge in [-0.25, -0.2) is 0 Å². The summed E-state index contributed by atoms with van der Waals surface area (Å²) in [6.45, 7) is 2.90. The molecular formula is C24H24BrNO4. The summed E-state index contributed by atoms with van der Waals surface area (Å²) in [5.74, 6) is 1.94. The summed E-state index contributed by atoms with van der Waals surface area (Å²) in [5.41, 5.74) is 1.88. The Kier molecular flexibility index (Phi) is 8.15. The van der Waals surface area contributed by atoms with Gasteiger partial charge in [0.05, 0.1) is 4.47 Å². The zero-order chi connectivity index (χ0) is 21.2. The summed E-state index contributed by atoms with van der Waals surface area (Å²) < 4.78 is 17.7. The maximum atomic E-state index is 12.2. The lowest BCUT2D eigenvalue weighted by atomic mass is 10.2. The zero-order valence-electron chi connectivity index (χ0n) is 16.8. The van der Waals surface area contributed by atoms with Crippen molar-refractivity contribution in [1.29, 1.82) is 0 Å². The van der Waals surface area contributed by atoms with Crippen LogP contribution < -0.4 is 19.5 Å². The van der Waals surface area contributed by atoms with Gasteiger partial charge in [0.1, 0.15) is 30.5 Å². The van der Waals surface area contributed by atoms with Crippen molar-refractivity contribution in [3.05, 3.63) is 82.8 Å². The van der Waals surface area contributed by atoms with E-state index in [2.05, 4.69) is 28.2 Å². The predicted octanol–water partition coefficient (Wildman–Crippen LogP) is 5.49. The molecule has 3 aromatic carbocycles. The maximum Gasteiger partial charge on any atom is 0.262 e. The number of benzene rings is 3. The number of carbonyl (C=O) groups is 1. The molecule has 0 aliphatic carbocycles. The minimum atomic E-state index is -0.230. The average molecular weight is 470 g/mol. The molecule has 0 unspecified atom stereocenters. The summed E-state index contributed by atoms with van der Waals surface area (Å²) >= 11 is 3.47. The van der Waals surface area contributed by atoms with Gasteiger partial charge in [-0.05, 0) is 76.4 Å². The van der Waals surface area contributed by atoms with Gasteiger partial charge >= 0.3 is 0 Å². The number of halogens is 1. The molecule has 0 heterocycles. The van der Waals surface area contributed by atoms with E-state index in [4.69, 9.17) is 14.2 Å². The predicted molar refractivity (Wildman–Crippen MR) is 122 cm³/mol. The van der Waals surface area contributed by atoms with Gasteiger partial charge in [0.2, 0.25) is 0 Å². The second kappa shape index (κ2) is 11.3. The highest BCUT2D eigenvalue weighted by molar-refractivity contribution is 9.10. The lowest BCUT2D eigenvalue weighted by Crippen LogP contribution is -2.20. The number of aryl methyl sites for hydroxylation is 1. The minimum absolute atomic E-state index is 0.0703. The number of hydrogen-bond acceptors (Lipinski definition) is 4. The summed E-state index contributed by atoms with van der Waals surface area (Å²) in [4.78, 5) is 12.2. The first-order chi connectivity index (χ1) is 14.6. The topological polar surface area (TPSA) is 56.8 Å². The third-order valence-corrected chi connectivity index (χ3v) is 4.89. The molecule has 0 bridgehead atoms. The van der Waals surface area contributed by atoms with Gasteiger partial charge in [0.25, 0.3) is 5.91 Å². The molecule has 0 saturated heterocycles. The minimum Gasteiger partial charge on any atom is -0.490 e.